The molecule has 1 aliphatic rings. The van der Waals surface area contributed by atoms with Crippen molar-refractivity contribution in [2.24, 2.45) is 10.2 Å². The number of anilines is 2. The number of thiazole rings is 1. The van der Waals surface area contributed by atoms with Crippen molar-refractivity contribution in [3.05, 3.63) is 58.3 Å². The van der Waals surface area contributed by atoms with Gasteiger partial charge < -0.3 is 5.32 Å². The number of nitro benzene ring substituents is 1. The molecule has 13 heteroatoms. The number of non-ortho nitro benzene ring substituents is 1. The number of rotatable bonds is 3. The number of aryl methyl sites for hydroxylation is 1. The van der Waals surface area contributed by atoms with Gasteiger partial charge in [0.25, 0.3) is 15.7 Å². The third-order valence-corrected chi connectivity index (χ3v) is 6.99. The summed E-state index contributed by atoms with van der Waals surface area (Å²) in [6, 6.07) is 10.8. The molecule has 0 atom stereocenters. The summed E-state index contributed by atoms with van der Waals surface area (Å²) in [6.07, 6.45) is 0. The monoisotopic (exact) mass is 441 g/mol. The second-order valence-corrected chi connectivity index (χ2v) is 9.10. The number of hydrogen-bond donors (Lipinski definition) is 1. The summed E-state index contributed by atoms with van der Waals surface area (Å²) in [5.74, 6) is 0.187. The van der Waals surface area contributed by atoms with Gasteiger partial charge in [-0.15, -0.1) is 14.3 Å². The predicted molar refractivity (Wildman–Crippen MR) is 110 cm³/mol. The van der Waals surface area contributed by atoms with Gasteiger partial charge in [0.1, 0.15) is 4.90 Å². The molecule has 1 aliphatic heterocycles. The van der Waals surface area contributed by atoms with Crippen LogP contribution in [0.1, 0.15) is 5.69 Å². The Balaban J connectivity index is 1.56. The van der Waals surface area contributed by atoms with Crippen molar-refractivity contribution in [2.75, 3.05) is 5.32 Å². The lowest BCUT2D eigenvalue weighted by atomic mass is 10.3. The fourth-order valence-corrected chi connectivity index (χ4v) is 5.32. The van der Waals surface area contributed by atoms with E-state index in [-0.39, 0.29) is 27.2 Å². The highest BCUT2D eigenvalue weighted by Gasteiger charge is 2.33. The van der Waals surface area contributed by atoms with Crippen molar-refractivity contribution >= 4 is 59.6 Å². The molecule has 2 aromatic carbocycles. The Bertz CT molecular complexity index is 1490. The van der Waals surface area contributed by atoms with Crippen LogP contribution in [0.2, 0.25) is 0 Å². The van der Waals surface area contributed by atoms with Crippen LogP contribution in [-0.2, 0) is 10.0 Å². The van der Waals surface area contributed by atoms with Crippen LogP contribution in [0, 0.1) is 17.0 Å². The van der Waals surface area contributed by atoms with Gasteiger partial charge in [-0.1, -0.05) is 23.5 Å². The number of nitro groups is 1. The van der Waals surface area contributed by atoms with Crippen molar-refractivity contribution < 1.29 is 13.3 Å². The first-order valence-corrected chi connectivity index (χ1v) is 10.8. The molecule has 2 aromatic heterocycles. The average Bonchev–Trinajstić information content (AvgIpc) is 3.26. The van der Waals surface area contributed by atoms with Gasteiger partial charge in [0.05, 0.1) is 26.5 Å². The number of azo groups is 1. The first-order valence-electron chi connectivity index (χ1n) is 8.52. The Labute approximate surface area is 172 Å². The van der Waals surface area contributed by atoms with Crippen LogP contribution in [0.4, 0.5) is 28.0 Å². The molecule has 150 valence electrons. The van der Waals surface area contributed by atoms with Crippen LogP contribution in [0.3, 0.4) is 0 Å². The fraction of sp³-hybridized carbons (Fsp3) is 0.0588. The van der Waals surface area contributed by atoms with E-state index < -0.39 is 14.9 Å². The summed E-state index contributed by atoms with van der Waals surface area (Å²) in [5.41, 5.74) is 1.58. The SMILES string of the molecule is Cc1nn2c(c1/N=N/c1nc3ccc([N+](=O)[O-])cc3s1)Nc1ccccc1S2(=O)=O. The second-order valence-electron chi connectivity index (χ2n) is 6.36. The molecule has 30 heavy (non-hydrogen) atoms. The van der Waals surface area contributed by atoms with Crippen LogP contribution in [-0.4, -0.2) is 27.5 Å². The van der Waals surface area contributed by atoms with Crippen LogP contribution < -0.4 is 5.32 Å². The summed E-state index contributed by atoms with van der Waals surface area (Å²) < 4.78 is 27.2. The van der Waals surface area contributed by atoms with Gasteiger partial charge in [-0.25, -0.2) is 4.98 Å². The molecule has 0 saturated carbocycles. The zero-order chi connectivity index (χ0) is 21.0. The second kappa shape index (κ2) is 6.40. The lowest BCUT2D eigenvalue weighted by Crippen LogP contribution is -2.22. The topological polar surface area (TPSA) is 145 Å². The Kier molecular flexibility index (Phi) is 3.91. The maximum Gasteiger partial charge on any atom is 0.287 e. The Morgan fingerprint density at radius 1 is 1.20 bits per heavy atom. The summed E-state index contributed by atoms with van der Waals surface area (Å²) in [7, 11) is -3.85. The number of aromatic nitrogens is 3. The van der Waals surface area contributed by atoms with Crippen LogP contribution in [0.5, 0.6) is 0 Å². The highest BCUT2D eigenvalue weighted by molar-refractivity contribution is 7.90. The summed E-state index contributed by atoms with van der Waals surface area (Å²) in [5, 5.41) is 26.6. The number of fused-ring (bicyclic) bond motifs is 3. The molecule has 0 fully saturated rings. The molecule has 0 unspecified atom stereocenters. The summed E-state index contributed by atoms with van der Waals surface area (Å²) in [6.45, 7) is 1.63. The standard InChI is InChI=1S/C17H11N7O4S2/c1-9-15(16-18-12-4-2-3-5-14(12)30(27,28)23(16)22-9)20-21-17-19-11-7-6-10(24(25)26)8-13(11)29-17/h2-8,18H,1H3/b21-20+. The molecule has 3 heterocycles. The van der Waals surface area contributed by atoms with Crippen molar-refractivity contribution in [3.8, 4) is 0 Å². The first kappa shape index (κ1) is 18.3. The fourth-order valence-electron chi connectivity index (χ4n) is 3.06. The lowest BCUT2D eigenvalue weighted by Gasteiger charge is -2.19. The van der Waals surface area contributed by atoms with E-state index in [2.05, 4.69) is 25.6 Å². The minimum Gasteiger partial charge on any atom is -0.336 e. The van der Waals surface area contributed by atoms with Crippen LogP contribution >= 0.6 is 11.3 Å². The van der Waals surface area contributed by atoms with E-state index in [1.807, 2.05) is 0 Å². The molecule has 5 rings (SSSR count). The average molecular weight is 441 g/mol. The molecule has 0 amide bonds. The maximum atomic E-state index is 12.9. The van der Waals surface area contributed by atoms with Gasteiger partial charge in [0.2, 0.25) is 5.13 Å². The number of nitrogens with zero attached hydrogens (tertiary/aromatic N) is 6. The molecular weight excluding hydrogens is 430 g/mol. The Hall–Kier alpha value is -3.71. The minimum atomic E-state index is -3.85. The van der Waals surface area contributed by atoms with E-state index in [0.717, 1.165) is 15.4 Å². The van der Waals surface area contributed by atoms with E-state index in [0.29, 0.717) is 21.6 Å². The molecule has 0 spiro atoms. The van der Waals surface area contributed by atoms with Crippen molar-refractivity contribution in [1.29, 1.82) is 0 Å². The Morgan fingerprint density at radius 3 is 2.80 bits per heavy atom. The number of para-hydroxylation sites is 1. The van der Waals surface area contributed by atoms with E-state index >= 15 is 0 Å². The van der Waals surface area contributed by atoms with Crippen molar-refractivity contribution in [3.63, 3.8) is 0 Å². The summed E-state index contributed by atoms with van der Waals surface area (Å²) in [4.78, 5) is 14.9. The van der Waals surface area contributed by atoms with E-state index in [1.165, 1.54) is 18.2 Å². The minimum absolute atomic E-state index is 0.0377. The smallest absolute Gasteiger partial charge is 0.287 e. The van der Waals surface area contributed by atoms with Gasteiger partial charge >= 0.3 is 0 Å². The van der Waals surface area contributed by atoms with Crippen LogP contribution in [0.15, 0.2) is 57.6 Å². The maximum absolute atomic E-state index is 12.9. The zero-order valence-electron chi connectivity index (χ0n) is 15.2. The third-order valence-electron chi connectivity index (χ3n) is 4.45. The predicted octanol–water partition coefficient (Wildman–Crippen LogP) is 4.42. The molecule has 1 N–H and O–H groups in total. The van der Waals surface area contributed by atoms with Gasteiger partial charge in [0, 0.05) is 12.1 Å². The highest BCUT2D eigenvalue weighted by atomic mass is 32.2. The van der Waals surface area contributed by atoms with Crippen LogP contribution in [0.25, 0.3) is 10.2 Å². The van der Waals surface area contributed by atoms with E-state index in [9.17, 15) is 18.5 Å². The number of nitrogens with one attached hydrogen (secondary N) is 1. The molecule has 11 nitrogen and oxygen atoms in total. The van der Waals surface area contributed by atoms with E-state index in [4.69, 9.17) is 0 Å². The quantitative estimate of drug-likeness (QED) is 0.248. The summed E-state index contributed by atoms with van der Waals surface area (Å²) >= 11 is 1.14. The van der Waals surface area contributed by atoms with E-state index in [1.54, 1.807) is 31.2 Å². The molecule has 0 bridgehead atoms. The molecule has 0 radical (unpaired) electrons. The normalized spacial score (nSPS) is 14.4. The van der Waals surface area contributed by atoms with Crippen molar-refractivity contribution in [2.45, 2.75) is 11.8 Å². The van der Waals surface area contributed by atoms with Gasteiger partial charge in [-0.05, 0) is 25.1 Å². The van der Waals surface area contributed by atoms with Crippen molar-refractivity contribution in [1.82, 2.24) is 14.2 Å². The lowest BCUT2D eigenvalue weighted by molar-refractivity contribution is -0.384. The van der Waals surface area contributed by atoms with Gasteiger partial charge in [-0.3, -0.25) is 10.1 Å². The molecular formula is C17H11N7O4S2. The Morgan fingerprint density at radius 2 is 2.00 bits per heavy atom. The molecule has 4 aromatic rings. The zero-order valence-corrected chi connectivity index (χ0v) is 16.8. The number of hydrogen-bond acceptors (Lipinski definition) is 10. The number of benzene rings is 2. The van der Waals surface area contributed by atoms with Gasteiger partial charge in [-0.2, -0.15) is 13.5 Å². The first-order chi connectivity index (χ1) is 14.3. The van der Waals surface area contributed by atoms with Gasteiger partial charge in [0.15, 0.2) is 11.5 Å². The highest BCUT2D eigenvalue weighted by Crippen LogP contribution is 2.41. The molecule has 0 aliphatic carbocycles. The molecule has 0 saturated heterocycles. The largest absolute Gasteiger partial charge is 0.336 e. The third kappa shape index (κ3) is 2.74.